The fraction of sp³-hybridized carbons (Fsp3) is 0.615. The van der Waals surface area contributed by atoms with Crippen molar-refractivity contribution in [3.05, 3.63) is 23.5 Å². The Labute approximate surface area is 115 Å². The van der Waals surface area contributed by atoms with E-state index in [0.717, 1.165) is 12.6 Å². The van der Waals surface area contributed by atoms with Gasteiger partial charge in [0.1, 0.15) is 11.4 Å². The summed E-state index contributed by atoms with van der Waals surface area (Å²) in [6.45, 7) is 1.21. The Morgan fingerprint density at radius 3 is 2.45 bits per heavy atom. The average molecular weight is 289 g/mol. The fourth-order valence-corrected chi connectivity index (χ4v) is 2.00. The van der Waals surface area contributed by atoms with Crippen LogP contribution in [0.25, 0.3) is 0 Å². The summed E-state index contributed by atoms with van der Waals surface area (Å²) in [6.07, 6.45) is -2.09. The van der Waals surface area contributed by atoms with Gasteiger partial charge in [0, 0.05) is 26.2 Å². The smallest absolute Gasteiger partial charge is 0.347 e. The van der Waals surface area contributed by atoms with Gasteiger partial charge in [0.25, 0.3) is 5.91 Å². The van der Waals surface area contributed by atoms with Gasteiger partial charge < -0.3 is 14.8 Å². The molecule has 4 nitrogen and oxygen atoms in total. The second-order valence-corrected chi connectivity index (χ2v) is 5.22. The summed E-state index contributed by atoms with van der Waals surface area (Å²) < 4.78 is 37.4. The lowest BCUT2D eigenvalue weighted by atomic mass is 10.3. The molecule has 0 aliphatic heterocycles. The van der Waals surface area contributed by atoms with E-state index >= 15 is 0 Å². The summed E-state index contributed by atoms with van der Waals surface area (Å²) in [7, 11) is 3.59. The molecule has 1 aliphatic carbocycles. The summed E-state index contributed by atoms with van der Waals surface area (Å²) in [5.74, 6) is -0.426. The molecule has 1 aromatic heterocycles. The minimum absolute atomic E-state index is 0.0334. The molecule has 0 bridgehead atoms. The molecule has 0 aromatic carbocycles. The second-order valence-electron chi connectivity index (χ2n) is 5.22. The van der Waals surface area contributed by atoms with Crippen LogP contribution < -0.4 is 0 Å². The maximum absolute atomic E-state index is 12.5. The van der Waals surface area contributed by atoms with Gasteiger partial charge in [-0.1, -0.05) is 0 Å². The van der Waals surface area contributed by atoms with E-state index in [0.29, 0.717) is 12.6 Å². The van der Waals surface area contributed by atoms with E-state index < -0.39 is 17.8 Å². The quantitative estimate of drug-likeness (QED) is 0.902. The van der Waals surface area contributed by atoms with Gasteiger partial charge in [0.2, 0.25) is 0 Å². The number of carbonyl (C=O) groups is 1. The van der Waals surface area contributed by atoms with Crippen molar-refractivity contribution < 1.29 is 18.0 Å². The number of hydrogen-bond donors (Lipinski definition) is 1. The van der Waals surface area contributed by atoms with Gasteiger partial charge in [-0.3, -0.25) is 4.79 Å². The van der Waals surface area contributed by atoms with Crippen molar-refractivity contribution in [1.82, 2.24) is 14.8 Å². The minimum Gasteiger partial charge on any atom is -0.347 e. The zero-order valence-electron chi connectivity index (χ0n) is 11.5. The number of alkyl halides is 3. The van der Waals surface area contributed by atoms with E-state index in [-0.39, 0.29) is 5.69 Å². The van der Waals surface area contributed by atoms with E-state index in [4.69, 9.17) is 0 Å². The Kier molecular flexibility index (Phi) is 4.08. The van der Waals surface area contributed by atoms with Crippen LogP contribution in [0, 0.1) is 0 Å². The van der Waals surface area contributed by atoms with Crippen LogP contribution in [0.1, 0.15) is 29.0 Å². The number of rotatable bonds is 5. The Balaban J connectivity index is 1.90. The molecule has 1 N–H and O–H groups in total. The van der Waals surface area contributed by atoms with Gasteiger partial charge in [-0.2, -0.15) is 13.2 Å². The number of H-pyrrole nitrogens is 1. The Hall–Kier alpha value is -1.50. The zero-order chi connectivity index (χ0) is 14.9. The lowest BCUT2D eigenvalue weighted by Crippen LogP contribution is -2.35. The predicted molar refractivity (Wildman–Crippen MR) is 68.4 cm³/mol. The Morgan fingerprint density at radius 1 is 1.30 bits per heavy atom. The molecule has 1 heterocycles. The number of amides is 1. The molecule has 20 heavy (non-hydrogen) atoms. The minimum atomic E-state index is -4.46. The van der Waals surface area contributed by atoms with Crippen LogP contribution >= 0.6 is 0 Å². The first-order chi connectivity index (χ1) is 9.29. The molecule has 0 unspecified atom stereocenters. The standard InChI is InChI=1S/C13H18F3N3O/c1-18(9-3-4-9)7-8-19(2)12(20)10-5-6-11(17-10)13(14,15)16/h5-6,9,17H,3-4,7-8H2,1-2H3. The van der Waals surface area contributed by atoms with Crippen LogP contribution in [-0.4, -0.2) is 53.9 Å². The SMILES string of the molecule is CN(CCN(C)C1CC1)C(=O)c1ccc(C(F)(F)F)[nH]1. The van der Waals surface area contributed by atoms with Crippen molar-refractivity contribution in [2.75, 3.05) is 27.2 Å². The van der Waals surface area contributed by atoms with Crippen molar-refractivity contribution in [1.29, 1.82) is 0 Å². The molecule has 1 aromatic rings. The number of nitrogens with one attached hydrogen (secondary N) is 1. The van der Waals surface area contributed by atoms with E-state index in [1.165, 1.54) is 23.8 Å². The van der Waals surface area contributed by atoms with E-state index in [1.54, 1.807) is 7.05 Å². The van der Waals surface area contributed by atoms with E-state index in [2.05, 4.69) is 9.88 Å². The van der Waals surface area contributed by atoms with Crippen molar-refractivity contribution in [2.45, 2.75) is 25.1 Å². The van der Waals surface area contributed by atoms with Crippen LogP contribution in [0.5, 0.6) is 0 Å². The number of aromatic amines is 1. The summed E-state index contributed by atoms with van der Waals surface area (Å²) in [4.78, 5) is 17.7. The highest BCUT2D eigenvalue weighted by Gasteiger charge is 2.33. The number of aromatic nitrogens is 1. The van der Waals surface area contributed by atoms with Gasteiger partial charge in [0.15, 0.2) is 0 Å². The number of hydrogen-bond acceptors (Lipinski definition) is 2. The maximum atomic E-state index is 12.5. The van der Waals surface area contributed by atoms with Crippen molar-refractivity contribution >= 4 is 5.91 Å². The third kappa shape index (κ3) is 3.53. The van der Waals surface area contributed by atoms with Crippen molar-refractivity contribution in [3.63, 3.8) is 0 Å². The first-order valence-corrected chi connectivity index (χ1v) is 6.51. The second kappa shape index (κ2) is 5.47. The van der Waals surface area contributed by atoms with Crippen molar-refractivity contribution in [2.24, 2.45) is 0 Å². The monoisotopic (exact) mass is 289 g/mol. The molecule has 1 saturated carbocycles. The summed E-state index contributed by atoms with van der Waals surface area (Å²) in [5, 5.41) is 0. The van der Waals surface area contributed by atoms with Crippen molar-refractivity contribution in [3.8, 4) is 0 Å². The Morgan fingerprint density at radius 2 is 1.95 bits per heavy atom. The molecule has 0 radical (unpaired) electrons. The molecule has 0 atom stereocenters. The predicted octanol–water partition coefficient (Wildman–Crippen LogP) is 2.20. The molecule has 1 fully saturated rings. The highest BCUT2D eigenvalue weighted by atomic mass is 19.4. The van der Waals surface area contributed by atoms with Crippen LogP contribution in [0.3, 0.4) is 0 Å². The summed E-state index contributed by atoms with van der Waals surface area (Å²) in [5.41, 5.74) is -0.932. The summed E-state index contributed by atoms with van der Waals surface area (Å²) >= 11 is 0. The topological polar surface area (TPSA) is 39.3 Å². The van der Waals surface area contributed by atoms with Crippen LogP contribution in [-0.2, 0) is 6.18 Å². The molecule has 0 spiro atoms. The number of nitrogens with zero attached hydrogens (tertiary/aromatic N) is 2. The molecule has 112 valence electrons. The van der Waals surface area contributed by atoms with Gasteiger partial charge in [0.05, 0.1) is 0 Å². The van der Waals surface area contributed by atoms with Gasteiger partial charge in [-0.05, 0) is 32.0 Å². The largest absolute Gasteiger partial charge is 0.431 e. The molecule has 7 heteroatoms. The maximum Gasteiger partial charge on any atom is 0.431 e. The molecule has 1 aliphatic rings. The molecular weight excluding hydrogens is 271 g/mol. The number of carbonyl (C=O) groups excluding carboxylic acids is 1. The van der Waals surface area contributed by atoms with Gasteiger partial charge >= 0.3 is 6.18 Å². The molecule has 1 amide bonds. The highest BCUT2D eigenvalue weighted by molar-refractivity contribution is 5.92. The Bertz CT molecular complexity index is 479. The van der Waals surface area contributed by atoms with E-state index in [1.807, 2.05) is 7.05 Å². The van der Waals surface area contributed by atoms with Gasteiger partial charge in [-0.25, -0.2) is 0 Å². The lowest BCUT2D eigenvalue weighted by Gasteiger charge is -2.21. The molecule has 0 saturated heterocycles. The third-order valence-electron chi connectivity index (χ3n) is 3.53. The summed E-state index contributed by atoms with van der Waals surface area (Å²) in [6, 6.07) is 2.66. The van der Waals surface area contributed by atoms with Gasteiger partial charge in [-0.15, -0.1) is 0 Å². The first-order valence-electron chi connectivity index (χ1n) is 6.51. The normalized spacial score (nSPS) is 15.7. The third-order valence-corrected chi connectivity index (χ3v) is 3.53. The molecular formula is C13H18F3N3O. The highest BCUT2D eigenvalue weighted by Crippen LogP contribution is 2.28. The zero-order valence-corrected chi connectivity index (χ0v) is 11.5. The van der Waals surface area contributed by atoms with Crippen LogP contribution in [0.4, 0.5) is 13.2 Å². The fourth-order valence-electron chi connectivity index (χ4n) is 2.00. The average Bonchev–Trinajstić information content (AvgIpc) is 3.10. The molecule has 2 rings (SSSR count). The van der Waals surface area contributed by atoms with Crippen LogP contribution in [0.15, 0.2) is 12.1 Å². The lowest BCUT2D eigenvalue weighted by molar-refractivity contribution is -0.140. The van der Waals surface area contributed by atoms with Crippen LogP contribution in [0.2, 0.25) is 0 Å². The first kappa shape index (κ1) is 14.9. The van der Waals surface area contributed by atoms with E-state index in [9.17, 15) is 18.0 Å². The number of halogens is 3. The number of likely N-dealkylation sites (N-methyl/N-ethyl adjacent to an activating group) is 2.